The molecule has 0 aromatic heterocycles. The molecule has 0 aliphatic heterocycles. The van der Waals surface area contributed by atoms with Crippen LogP contribution >= 0.6 is 0 Å². The molecule has 0 aliphatic rings. The SMILES string of the molecule is CNC(C(C)=O)c1ccc2cc(OC)ccc2c1. The van der Waals surface area contributed by atoms with Gasteiger partial charge in [-0.1, -0.05) is 18.2 Å². The molecular weight excluding hydrogens is 226 g/mol. The summed E-state index contributed by atoms with van der Waals surface area (Å²) in [6.07, 6.45) is 0. The van der Waals surface area contributed by atoms with Gasteiger partial charge in [0.2, 0.25) is 0 Å². The topological polar surface area (TPSA) is 38.3 Å². The second-order valence-electron chi connectivity index (χ2n) is 4.30. The summed E-state index contributed by atoms with van der Waals surface area (Å²) < 4.78 is 5.19. The summed E-state index contributed by atoms with van der Waals surface area (Å²) >= 11 is 0. The largest absolute Gasteiger partial charge is 0.497 e. The molecule has 2 aromatic rings. The second-order valence-corrected chi connectivity index (χ2v) is 4.30. The summed E-state index contributed by atoms with van der Waals surface area (Å²) in [5.74, 6) is 0.956. The molecular formula is C15H17NO2. The number of ether oxygens (including phenoxy) is 1. The lowest BCUT2D eigenvalue weighted by molar-refractivity contribution is -0.119. The van der Waals surface area contributed by atoms with Crippen molar-refractivity contribution in [3.05, 3.63) is 42.0 Å². The normalized spacial score (nSPS) is 12.4. The van der Waals surface area contributed by atoms with Gasteiger partial charge >= 0.3 is 0 Å². The van der Waals surface area contributed by atoms with E-state index in [-0.39, 0.29) is 11.8 Å². The van der Waals surface area contributed by atoms with Crippen LogP contribution in [0.25, 0.3) is 10.8 Å². The third-order valence-corrected chi connectivity index (χ3v) is 3.10. The number of fused-ring (bicyclic) bond motifs is 1. The monoisotopic (exact) mass is 243 g/mol. The first kappa shape index (κ1) is 12.6. The van der Waals surface area contributed by atoms with Crippen LogP contribution in [0.4, 0.5) is 0 Å². The van der Waals surface area contributed by atoms with E-state index in [4.69, 9.17) is 4.74 Å². The van der Waals surface area contributed by atoms with Gasteiger partial charge in [0.15, 0.2) is 5.78 Å². The van der Waals surface area contributed by atoms with Gasteiger partial charge in [-0.05, 0) is 48.5 Å². The molecule has 1 N–H and O–H groups in total. The zero-order valence-corrected chi connectivity index (χ0v) is 10.9. The Labute approximate surface area is 107 Å². The van der Waals surface area contributed by atoms with Gasteiger partial charge in [0.1, 0.15) is 5.75 Å². The van der Waals surface area contributed by atoms with Crippen molar-refractivity contribution in [3.63, 3.8) is 0 Å². The first-order valence-electron chi connectivity index (χ1n) is 5.91. The summed E-state index contributed by atoms with van der Waals surface area (Å²) in [6, 6.07) is 11.7. The number of ketones is 1. The van der Waals surface area contributed by atoms with Crippen molar-refractivity contribution in [2.45, 2.75) is 13.0 Å². The summed E-state index contributed by atoms with van der Waals surface area (Å²) in [4.78, 5) is 11.5. The van der Waals surface area contributed by atoms with E-state index in [0.717, 1.165) is 22.1 Å². The molecule has 0 amide bonds. The number of carbonyl (C=O) groups is 1. The van der Waals surface area contributed by atoms with Crippen molar-refractivity contribution in [1.82, 2.24) is 5.32 Å². The molecule has 0 fully saturated rings. The van der Waals surface area contributed by atoms with Crippen LogP contribution in [-0.4, -0.2) is 19.9 Å². The Balaban J connectivity index is 2.47. The lowest BCUT2D eigenvalue weighted by Crippen LogP contribution is -2.23. The molecule has 2 aromatic carbocycles. The molecule has 0 saturated carbocycles. The van der Waals surface area contributed by atoms with Gasteiger partial charge in [0.05, 0.1) is 13.2 Å². The van der Waals surface area contributed by atoms with Gasteiger partial charge in [0.25, 0.3) is 0 Å². The minimum atomic E-state index is -0.239. The molecule has 0 heterocycles. The van der Waals surface area contributed by atoms with Crippen LogP contribution in [0.3, 0.4) is 0 Å². The van der Waals surface area contributed by atoms with Crippen LogP contribution in [0.15, 0.2) is 36.4 Å². The van der Waals surface area contributed by atoms with Gasteiger partial charge < -0.3 is 10.1 Å². The number of Topliss-reactive ketones (excluding diaryl/α,β-unsaturated/α-hetero) is 1. The van der Waals surface area contributed by atoms with Crippen molar-refractivity contribution >= 4 is 16.6 Å². The molecule has 18 heavy (non-hydrogen) atoms. The van der Waals surface area contributed by atoms with Crippen LogP contribution in [0.5, 0.6) is 5.75 Å². The molecule has 2 rings (SSSR count). The Kier molecular flexibility index (Phi) is 3.63. The predicted octanol–water partition coefficient (Wildman–Crippen LogP) is 2.70. The van der Waals surface area contributed by atoms with Crippen molar-refractivity contribution in [1.29, 1.82) is 0 Å². The van der Waals surface area contributed by atoms with Gasteiger partial charge in [0, 0.05) is 0 Å². The standard InChI is InChI=1S/C15H17NO2/c1-10(17)15(16-2)13-5-4-12-9-14(18-3)7-6-11(12)8-13/h4-9,15-16H,1-3H3. The molecule has 1 atom stereocenters. The van der Waals surface area contributed by atoms with E-state index in [9.17, 15) is 4.79 Å². The number of benzene rings is 2. The number of nitrogens with one attached hydrogen (secondary N) is 1. The van der Waals surface area contributed by atoms with Crippen LogP contribution in [-0.2, 0) is 4.79 Å². The Bertz CT molecular complexity index is 578. The van der Waals surface area contributed by atoms with Gasteiger partial charge in [-0.3, -0.25) is 4.79 Å². The number of carbonyl (C=O) groups excluding carboxylic acids is 1. The molecule has 1 unspecified atom stereocenters. The van der Waals surface area contributed by atoms with E-state index in [0.29, 0.717) is 0 Å². The lowest BCUT2D eigenvalue weighted by Gasteiger charge is -2.14. The van der Waals surface area contributed by atoms with E-state index >= 15 is 0 Å². The fourth-order valence-electron chi connectivity index (χ4n) is 2.15. The Morgan fingerprint density at radius 2 is 1.83 bits per heavy atom. The van der Waals surface area contributed by atoms with Crippen LogP contribution in [0, 0.1) is 0 Å². The van der Waals surface area contributed by atoms with E-state index in [1.807, 2.05) is 36.4 Å². The minimum Gasteiger partial charge on any atom is -0.497 e. The second kappa shape index (κ2) is 5.19. The van der Waals surface area contributed by atoms with Crippen LogP contribution in [0.1, 0.15) is 18.5 Å². The zero-order valence-electron chi connectivity index (χ0n) is 10.9. The highest BCUT2D eigenvalue weighted by molar-refractivity contribution is 5.88. The van der Waals surface area contributed by atoms with Crippen molar-refractivity contribution in [2.75, 3.05) is 14.2 Å². The maximum absolute atomic E-state index is 11.5. The smallest absolute Gasteiger partial charge is 0.151 e. The molecule has 0 aliphatic carbocycles. The van der Waals surface area contributed by atoms with E-state index in [1.54, 1.807) is 21.1 Å². The van der Waals surface area contributed by atoms with Crippen molar-refractivity contribution in [3.8, 4) is 5.75 Å². The Hall–Kier alpha value is -1.87. The summed E-state index contributed by atoms with van der Waals surface area (Å²) in [6.45, 7) is 1.60. The molecule has 0 bridgehead atoms. The highest BCUT2D eigenvalue weighted by atomic mass is 16.5. The maximum atomic E-state index is 11.5. The molecule has 0 saturated heterocycles. The first-order chi connectivity index (χ1) is 8.65. The number of methoxy groups -OCH3 is 1. The number of hydrogen-bond acceptors (Lipinski definition) is 3. The zero-order chi connectivity index (χ0) is 13.1. The van der Waals surface area contributed by atoms with E-state index in [1.165, 1.54) is 0 Å². The number of rotatable bonds is 4. The van der Waals surface area contributed by atoms with E-state index < -0.39 is 0 Å². The molecule has 0 spiro atoms. The highest BCUT2D eigenvalue weighted by Crippen LogP contribution is 2.24. The summed E-state index contributed by atoms with van der Waals surface area (Å²) in [7, 11) is 3.45. The third-order valence-electron chi connectivity index (χ3n) is 3.10. The fraction of sp³-hybridized carbons (Fsp3) is 0.267. The summed E-state index contributed by atoms with van der Waals surface area (Å²) in [5.41, 5.74) is 0.989. The van der Waals surface area contributed by atoms with Crippen molar-refractivity contribution < 1.29 is 9.53 Å². The quantitative estimate of drug-likeness (QED) is 0.897. The highest BCUT2D eigenvalue weighted by Gasteiger charge is 2.14. The molecule has 3 nitrogen and oxygen atoms in total. The Morgan fingerprint density at radius 3 is 2.44 bits per heavy atom. The number of hydrogen-bond donors (Lipinski definition) is 1. The lowest BCUT2D eigenvalue weighted by atomic mass is 9.99. The van der Waals surface area contributed by atoms with Gasteiger partial charge in [-0.2, -0.15) is 0 Å². The first-order valence-corrected chi connectivity index (χ1v) is 5.91. The maximum Gasteiger partial charge on any atom is 0.151 e. The summed E-state index contributed by atoms with van der Waals surface area (Å²) in [5, 5.41) is 5.24. The molecule has 94 valence electrons. The third kappa shape index (κ3) is 2.36. The Morgan fingerprint density at radius 1 is 1.17 bits per heavy atom. The molecule has 0 radical (unpaired) electrons. The van der Waals surface area contributed by atoms with E-state index in [2.05, 4.69) is 5.32 Å². The van der Waals surface area contributed by atoms with Gasteiger partial charge in [-0.25, -0.2) is 0 Å². The fourth-order valence-corrected chi connectivity index (χ4v) is 2.15. The van der Waals surface area contributed by atoms with Crippen LogP contribution < -0.4 is 10.1 Å². The van der Waals surface area contributed by atoms with Gasteiger partial charge in [-0.15, -0.1) is 0 Å². The molecule has 3 heteroatoms. The minimum absolute atomic E-state index is 0.116. The van der Waals surface area contributed by atoms with Crippen molar-refractivity contribution in [2.24, 2.45) is 0 Å². The predicted molar refractivity (Wildman–Crippen MR) is 73.0 cm³/mol. The average molecular weight is 243 g/mol. The van der Waals surface area contributed by atoms with Crippen LogP contribution in [0.2, 0.25) is 0 Å². The number of likely N-dealkylation sites (N-methyl/N-ethyl adjacent to an activating group) is 1. The average Bonchev–Trinajstić information content (AvgIpc) is 2.38.